The second-order valence-corrected chi connectivity index (χ2v) is 5.07. The van der Waals surface area contributed by atoms with Crippen LogP contribution in [0.3, 0.4) is 0 Å². The summed E-state index contributed by atoms with van der Waals surface area (Å²) in [5, 5.41) is 0. The minimum absolute atomic E-state index is 0.301. The van der Waals surface area contributed by atoms with E-state index < -0.39 is 0 Å². The van der Waals surface area contributed by atoms with E-state index in [0.717, 1.165) is 12.8 Å². The Morgan fingerprint density at radius 3 is 2.32 bits per heavy atom. The Labute approximate surface area is 126 Å². The van der Waals surface area contributed by atoms with Crippen LogP contribution in [0.2, 0.25) is 0 Å². The van der Waals surface area contributed by atoms with Crippen LogP contribution in [0.1, 0.15) is 39.0 Å². The van der Waals surface area contributed by atoms with Gasteiger partial charge < -0.3 is 9.64 Å². The number of hydrogen-bond acceptors (Lipinski definition) is 3. The average molecular weight is 310 g/mol. The van der Waals surface area contributed by atoms with Gasteiger partial charge in [0, 0.05) is 37.1 Å². The minimum atomic E-state index is -0.301. The molecule has 0 aromatic carbocycles. The van der Waals surface area contributed by atoms with Gasteiger partial charge in [-0.25, -0.2) is 4.79 Å². The van der Waals surface area contributed by atoms with Crippen LogP contribution in [0.15, 0.2) is 12.3 Å². The van der Waals surface area contributed by atoms with E-state index >= 15 is 0 Å². The van der Waals surface area contributed by atoms with Gasteiger partial charge in [0.05, 0.1) is 6.61 Å². The van der Waals surface area contributed by atoms with Crippen molar-refractivity contribution in [3.8, 4) is 0 Å². The van der Waals surface area contributed by atoms with Crippen LogP contribution in [0, 0.1) is 0 Å². The number of carbonyl (C=O) groups is 1. The molecular formula is C14H25Cl2NO2. The molecule has 19 heavy (non-hydrogen) atoms. The molecule has 0 atom stereocenters. The Hall–Kier alpha value is -0.410. The Morgan fingerprint density at radius 2 is 1.74 bits per heavy atom. The number of carbonyl (C=O) groups excluding carboxylic acids is 1. The van der Waals surface area contributed by atoms with E-state index in [1.165, 1.54) is 25.3 Å². The highest BCUT2D eigenvalue weighted by Gasteiger charge is 2.00. The standard InChI is InChI=1S/C14H25Cl2NO2/c1-2-3-4-5-6-13-19-14(18)7-10-17(11-8-15)12-9-16/h7,10H,2-6,8-9,11-13H2,1H3/b10-7+. The van der Waals surface area contributed by atoms with Crippen LogP contribution < -0.4 is 0 Å². The maximum Gasteiger partial charge on any atom is 0.332 e. The van der Waals surface area contributed by atoms with Crippen LogP contribution in [0.25, 0.3) is 0 Å². The summed E-state index contributed by atoms with van der Waals surface area (Å²) in [7, 11) is 0. The van der Waals surface area contributed by atoms with Gasteiger partial charge in [-0.15, -0.1) is 23.2 Å². The maximum absolute atomic E-state index is 11.4. The zero-order chi connectivity index (χ0) is 14.3. The van der Waals surface area contributed by atoms with Crippen LogP contribution in [0.5, 0.6) is 0 Å². The van der Waals surface area contributed by atoms with E-state index in [9.17, 15) is 4.79 Å². The van der Waals surface area contributed by atoms with Crippen molar-refractivity contribution in [3.05, 3.63) is 12.3 Å². The third-order valence-corrected chi connectivity index (χ3v) is 3.00. The molecule has 0 heterocycles. The summed E-state index contributed by atoms with van der Waals surface area (Å²) in [4.78, 5) is 13.3. The van der Waals surface area contributed by atoms with Gasteiger partial charge >= 0.3 is 5.97 Å². The number of ether oxygens (including phenoxy) is 1. The Kier molecular flexibility index (Phi) is 13.7. The highest BCUT2D eigenvalue weighted by atomic mass is 35.5. The zero-order valence-electron chi connectivity index (χ0n) is 11.7. The lowest BCUT2D eigenvalue weighted by molar-refractivity contribution is -0.137. The topological polar surface area (TPSA) is 29.5 Å². The average Bonchev–Trinajstić information content (AvgIpc) is 2.40. The van der Waals surface area contributed by atoms with Gasteiger partial charge in [0.1, 0.15) is 0 Å². The quantitative estimate of drug-likeness (QED) is 0.238. The van der Waals surface area contributed by atoms with Crippen molar-refractivity contribution in [3.63, 3.8) is 0 Å². The number of nitrogens with zero attached hydrogens (tertiary/aromatic N) is 1. The van der Waals surface area contributed by atoms with Crippen molar-refractivity contribution in [2.75, 3.05) is 31.5 Å². The number of halogens is 2. The monoisotopic (exact) mass is 309 g/mol. The summed E-state index contributed by atoms with van der Waals surface area (Å²) in [5.74, 6) is 0.714. The lowest BCUT2D eigenvalue weighted by Gasteiger charge is -2.16. The first-order chi connectivity index (χ1) is 9.24. The largest absolute Gasteiger partial charge is 0.462 e. The van der Waals surface area contributed by atoms with Gasteiger partial charge in [0.15, 0.2) is 0 Å². The summed E-state index contributed by atoms with van der Waals surface area (Å²) in [6.45, 7) is 4.03. The zero-order valence-corrected chi connectivity index (χ0v) is 13.3. The SMILES string of the molecule is CCCCCCCOC(=O)/C=C/N(CCCl)CCCl. The summed E-state index contributed by atoms with van der Waals surface area (Å²) < 4.78 is 5.11. The summed E-state index contributed by atoms with van der Waals surface area (Å²) >= 11 is 11.3. The first kappa shape index (κ1) is 18.6. The van der Waals surface area contributed by atoms with E-state index in [0.29, 0.717) is 31.5 Å². The number of esters is 1. The maximum atomic E-state index is 11.4. The Morgan fingerprint density at radius 1 is 1.11 bits per heavy atom. The van der Waals surface area contributed by atoms with Crippen molar-refractivity contribution in [2.45, 2.75) is 39.0 Å². The van der Waals surface area contributed by atoms with Crippen LogP contribution in [-0.4, -0.2) is 42.3 Å². The van der Waals surface area contributed by atoms with E-state index in [2.05, 4.69) is 6.92 Å². The molecule has 3 nitrogen and oxygen atoms in total. The van der Waals surface area contributed by atoms with Crippen LogP contribution in [-0.2, 0) is 9.53 Å². The van der Waals surface area contributed by atoms with Gasteiger partial charge in [-0.05, 0) is 6.42 Å². The molecule has 0 saturated carbocycles. The van der Waals surface area contributed by atoms with Crippen LogP contribution in [0.4, 0.5) is 0 Å². The summed E-state index contributed by atoms with van der Waals surface area (Å²) in [5.41, 5.74) is 0. The Bertz CT molecular complexity index is 242. The molecule has 0 bridgehead atoms. The fraction of sp³-hybridized carbons (Fsp3) is 0.786. The molecule has 0 N–H and O–H groups in total. The highest BCUT2D eigenvalue weighted by molar-refractivity contribution is 6.18. The van der Waals surface area contributed by atoms with Gasteiger partial charge in [0.25, 0.3) is 0 Å². The summed E-state index contributed by atoms with van der Waals surface area (Å²) in [6, 6.07) is 0. The molecule has 5 heteroatoms. The van der Waals surface area contributed by atoms with Crippen LogP contribution >= 0.6 is 23.2 Å². The van der Waals surface area contributed by atoms with Crippen molar-refractivity contribution in [2.24, 2.45) is 0 Å². The number of hydrogen-bond donors (Lipinski definition) is 0. The fourth-order valence-corrected chi connectivity index (χ4v) is 2.00. The molecule has 0 saturated heterocycles. The van der Waals surface area contributed by atoms with Crippen molar-refractivity contribution >= 4 is 29.2 Å². The molecule has 0 aliphatic rings. The molecule has 0 rings (SSSR count). The van der Waals surface area contributed by atoms with Gasteiger partial charge in [-0.2, -0.15) is 0 Å². The van der Waals surface area contributed by atoms with Gasteiger partial charge in [-0.3, -0.25) is 0 Å². The molecular weight excluding hydrogens is 285 g/mol. The molecule has 0 aliphatic heterocycles. The molecule has 0 radical (unpaired) electrons. The highest BCUT2D eigenvalue weighted by Crippen LogP contribution is 2.02. The predicted molar refractivity (Wildman–Crippen MR) is 81.9 cm³/mol. The first-order valence-electron chi connectivity index (χ1n) is 6.95. The van der Waals surface area contributed by atoms with E-state index in [1.807, 2.05) is 4.90 Å². The minimum Gasteiger partial charge on any atom is -0.462 e. The van der Waals surface area contributed by atoms with E-state index in [-0.39, 0.29) is 5.97 Å². The van der Waals surface area contributed by atoms with E-state index in [4.69, 9.17) is 27.9 Å². The molecule has 0 amide bonds. The number of rotatable bonds is 12. The number of alkyl halides is 2. The van der Waals surface area contributed by atoms with Crippen molar-refractivity contribution in [1.29, 1.82) is 0 Å². The van der Waals surface area contributed by atoms with Gasteiger partial charge in [0.2, 0.25) is 0 Å². The lowest BCUT2D eigenvalue weighted by Crippen LogP contribution is -2.22. The fourth-order valence-electron chi connectivity index (χ4n) is 1.57. The molecule has 0 unspecified atom stereocenters. The molecule has 0 spiro atoms. The van der Waals surface area contributed by atoms with Gasteiger partial charge in [-0.1, -0.05) is 32.6 Å². The smallest absolute Gasteiger partial charge is 0.332 e. The molecule has 0 aliphatic carbocycles. The molecule has 0 fully saturated rings. The molecule has 0 aromatic rings. The normalized spacial score (nSPS) is 10.9. The number of unbranched alkanes of at least 4 members (excludes halogenated alkanes) is 4. The summed E-state index contributed by atoms with van der Waals surface area (Å²) in [6.07, 6.45) is 8.87. The van der Waals surface area contributed by atoms with E-state index in [1.54, 1.807) is 6.20 Å². The third-order valence-electron chi connectivity index (χ3n) is 2.66. The third kappa shape index (κ3) is 12.4. The Balaban J connectivity index is 3.70. The molecule has 112 valence electrons. The second kappa shape index (κ2) is 14.0. The van der Waals surface area contributed by atoms with Crippen molar-refractivity contribution in [1.82, 2.24) is 4.90 Å². The molecule has 0 aromatic heterocycles. The van der Waals surface area contributed by atoms with Crippen molar-refractivity contribution < 1.29 is 9.53 Å². The first-order valence-corrected chi connectivity index (χ1v) is 8.02. The second-order valence-electron chi connectivity index (χ2n) is 4.31. The lowest BCUT2D eigenvalue weighted by atomic mass is 10.2. The predicted octanol–water partition coefficient (Wildman–Crippen LogP) is 3.79.